The second kappa shape index (κ2) is 10.2. The minimum absolute atomic E-state index is 0.142. The van der Waals surface area contributed by atoms with Gasteiger partial charge in [0.1, 0.15) is 17.9 Å². The van der Waals surface area contributed by atoms with Crippen molar-refractivity contribution in [2.24, 2.45) is 0 Å². The molecule has 8 heteroatoms. The second-order valence-electron chi connectivity index (χ2n) is 8.90. The van der Waals surface area contributed by atoms with Crippen LogP contribution in [0.25, 0.3) is 11.0 Å². The van der Waals surface area contributed by atoms with Crippen LogP contribution < -0.4 is 19.8 Å². The first-order valence-electron chi connectivity index (χ1n) is 11.9. The van der Waals surface area contributed by atoms with Gasteiger partial charge in [0.2, 0.25) is 0 Å². The molecule has 0 fully saturated rings. The third kappa shape index (κ3) is 4.87. The normalized spacial score (nSPS) is 14.8. The summed E-state index contributed by atoms with van der Waals surface area (Å²) in [5, 5.41) is 1.33. The molecular formula is C29H26ClNO6. The highest BCUT2D eigenvalue weighted by atomic mass is 35.5. The molecule has 1 aliphatic heterocycles. The minimum atomic E-state index is -0.414. The molecule has 1 amide bonds. The highest BCUT2D eigenvalue weighted by Crippen LogP contribution is 2.39. The Morgan fingerprint density at radius 1 is 1.05 bits per heavy atom. The van der Waals surface area contributed by atoms with Crippen LogP contribution in [0.15, 0.2) is 69.9 Å². The van der Waals surface area contributed by atoms with E-state index in [1.807, 2.05) is 31.2 Å². The van der Waals surface area contributed by atoms with Crippen molar-refractivity contribution < 1.29 is 23.4 Å². The molecule has 0 saturated heterocycles. The summed E-state index contributed by atoms with van der Waals surface area (Å²) in [4.78, 5) is 27.3. The number of amides is 1. The first kappa shape index (κ1) is 24.7. The standard InChI is InChI=1S/C29H26ClNO6/c1-17-11-28(32)37-25-14-21(7-8-22(17)25)36-16-24-23-15-27(35-3)26(34-2)13-18(23)9-10-31(24)29(33)19-5-4-6-20(30)12-19/h4-8,11-15,24H,9-10,16H2,1-3H3. The fraction of sp³-hybridized carbons (Fsp3) is 0.241. The Morgan fingerprint density at radius 3 is 2.59 bits per heavy atom. The number of carbonyl (C=O) groups is 1. The zero-order valence-electron chi connectivity index (χ0n) is 20.7. The average Bonchev–Trinajstić information content (AvgIpc) is 2.90. The van der Waals surface area contributed by atoms with Gasteiger partial charge in [0.05, 0.1) is 20.3 Å². The van der Waals surface area contributed by atoms with Crippen LogP contribution in [0.2, 0.25) is 5.02 Å². The summed E-state index contributed by atoms with van der Waals surface area (Å²) in [6.45, 7) is 2.53. The van der Waals surface area contributed by atoms with Gasteiger partial charge in [-0.3, -0.25) is 4.79 Å². The number of halogens is 1. The molecule has 1 atom stereocenters. The van der Waals surface area contributed by atoms with Crippen LogP contribution in [-0.4, -0.2) is 38.2 Å². The lowest BCUT2D eigenvalue weighted by Gasteiger charge is -2.37. The average molecular weight is 520 g/mol. The Balaban J connectivity index is 1.52. The van der Waals surface area contributed by atoms with E-state index in [1.54, 1.807) is 49.5 Å². The summed E-state index contributed by atoms with van der Waals surface area (Å²) in [5.41, 5.74) is 3.35. The van der Waals surface area contributed by atoms with E-state index in [0.717, 1.165) is 22.1 Å². The van der Waals surface area contributed by atoms with E-state index in [1.165, 1.54) is 6.07 Å². The Labute approximate surface area is 219 Å². The van der Waals surface area contributed by atoms with Crippen molar-refractivity contribution >= 4 is 28.5 Å². The van der Waals surface area contributed by atoms with Gasteiger partial charge in [0.15, 0.2) is 11.5 Å². The molecule has 0 saturated carbocycles. The van der Waals surface area contributed by atoms with Crippen LogP contribution in [0.1, 0.15) is 33.1 Å². The van der Waals surface area contributed by atoms with Gasteiger partial charge in [-0.05, 0) is 72.5 Å². The lowest BCUT2D eigenvalue weighted by atomic mass is 9.91. The van der Waals surface area contributed by atoms with Crippen LogP contribution in [-0.2, 0) is 6.42 Å². The minimum Gasteiger partial charge on any atom is -0.493 e. The van der Waals surface area contributed by atoms with Crippen LogP contribution in [0, 0.1) is 6.92 Å². The fourth-order valence-electron chi connectivity index (χ4n) is 4.81. The van der Waals surface area contributed by atoms with Crippen LogP contribution in [0.4, 0.5) is 0 Å². The molecule has 3 aromatic carbocycles. The van der Waals surface area contributed by atoms with Crippen molar-refractivity contribution in [1.82, 2.24) is 4.90 Å². The van der Waals surface area contributed by atoms with E-state index in [2.05, 4.69) is 0 Å². The van der Waals surface area contributed by atoms with E-state index in [4.69, 9.17) is 30.2 Å². The smallest absolute Gasteiger partial charge is 0.336 e. The maximum atomic E-state index is 13.6. The highest BCUT2D eigenvalue weighted by molar-refractivity contribution is 6.31. The quantitative estimate of drug-likeness (QED) is 0.309. The summed E-state index contributed by atoms with van der Waals surface area (Å²) in [7, 11) is 3.18. The molecule has 7 nitrogen and oxygen atoms in total. The van der Waals surface area contributed by atoms with Gasteiger partial charge in [-0.1, -0.05) is 17.7 Å². The number of rotatable bonds is 6. The lowest BCUT2D eigenvalue weighted by molar-refractivity contribution is 0.0589. The zero-order valence-corrected chi connectivity index (χ0v) is 21.5. The molecule has 190 valence electrons. The van der Waals surface area contributed by atoms with Gasteiger partial charge in [-0.25, -0.2) is 4.79 Å². The molecule has 0 aliphatic carbocycles. The number of ether oxygens (including phenoxy) is 3. The summed E-state index contributed by atoms with van der Waals surface area (Å²) in [6, 6.07) is 17.2. The number of carbonyl (C=O) groups excluding carboxylic acids is 1. The third-order valence-electron chi connectivity index (χ3n) is 6.67. The summed E-state index contributed by atoms with van der Waals surface area (Å²) in [5.74, 6) is 1.60. The van der Waals surface area contributed by atoms with Crippen molar-refractivity contribution in [3.63, 3.8) is 0 Å². The van der Waals surface area contributed by atoms with Crippen molar-refractivity contribution in [2.45, 2.75) is 19.4 Å². The molecule has 37 heavy (non-hydrogen) atoms. The van der Waals surface area contributed by atoms with Gasteiger partial charge >= 0.3 is 5.63 Å². The molecule has 1 unspecified atom stereocenters. The van der Waals surface area contributed by atoms with Crippen molar-refractivity contribution in [3.05, 3.63) is 98.4 Å². The molecule has 2 heterocycles. The number of fused-ring (bicyclic) bond motifs is 2. The second-order valence-corrected chi connectivity index (χ2v) is 9.33. The Bertz CT molecular complexity index is 1550. The van der Waals surface area contributed by atoms with E-state index in [-0.39, 0.29) is 12.5 Å². The lowest BCUT2D eigenvalue weighted by Crippen LogP contribution is -2.42. The zero-order chi connectivity index (χ0) is 26.1. The van der Waals surface area contributed by atoms with Crippen molar-refractivity contribution in [2.75, 3.05) is 27.4 Å². The largest absolute Gasteiger partial charge is 0.493 e. The Hall–Kier alpha value is -3.97. The highest BCUT2D eigenvalue weighted by Gasteiger charge is 2.33. The summed E-state index contributed by atoms with van der Waals surface area (Å²) < 4.78 is 22.6. The number of hydrogen-bond acceptors (Lipinski definition) is 6. The van der Waals surface area contributed by atoms with Crippen LogP contribution >= 0.6 is 11.6 Å². The number of nitrogens with zero attached hydrogens (tertiary/aromatic N) is 1. The number of aryl methyl sites for hydroxylation is 1. The molecule has 5 rings (SSSR count). The first-order chi connectivity index (χ1) is 17.9. The van der Waals surface area contributed by atoms with Gasteiger partial charge < -0.3 is 23.5 Å². The number of benzene rings is 3. The molecule has 4 aromatic rings. The van der Waals surface area contributed by atoms with E-state index < -0.39 is 11.7 Å². The fourth-order valence-corrected chi connectivity index (χ4v) is 5.00. The number of hydrogen-bond donors (Lipinski definition) is 0. The Kier molecular flexibility index (Phi) is 6.80. The molecular weight excluding hydrogens is 494 g/mol. The van der Waals surface area contributed by atoms with Gasteiger partial charge in [-0.15, -0.1) is 0 Å². The van der Waals surface area contributed by atoms with Gasteiger partial charge in [0.25, 0.3) is 5.91 Å². The maximum Gasteiger partial charge on any atom is 0.336 e. The summed E-state index contributed by atoms with van der Waals surface area (Å²) >= 11 is 6.17. The van der Waals surface area contributed by atoms with Crippen LogP contribution in [0.3, 0.4) is 0 Å². The van der Waals surface area contributed by atoms with Gasteiger partial charge in [-0.2, -0.15) is 0 Å². The third-order valence-corrected chi connectivity index (χ3v) is 6.90. The number of methoxy groups -OCH3 is 2. The monoisotopic (exact) mass is 519 g/mol. The Morgan fingerprint density at radius 2 is 1.84 bits per heavy atom. The molecule has 1 aromatic heterocycles. The van der Waals surface area contributed by atoms with E-state index >= 15 is 0 Å². The maximum absolute atomic E-state index is 13.6. The molecule has 0 radical (unpaired) electrons. The molecule has 0 N–H and O–H groups in total. The SMILES string of the molecule is COc1cc2c(cc1OC)C(COc1ccc3c(C)cc(=O)oc3c1)N(C(=O)c1cccc(Cl)c1)CC2. The molecule has 0 bridgehead atoms. The topological polar surface area (TPSA) is 78.2 Å². The predicted octanol–water partition coefficient (Wildman–Crippen LogP) is 5.59. The predicted molar refractivity (Wildman–Crippen MR) is 141 cm³/mol. The van der Waals surface area contributed by atoms with E-state index in [0.29, 0.717) is 46.4 Å². The van der Waals surface area contributed by atoms with Crippen molar-refractivity contribution in [1.29, 1.82) is 0 Å². The first-order valence-corrected chi connectivity index (χ1v) is 12.2. The van der Waals surface area contributed by atoms with E-state index in [9.17, 15) is 9.59 Å². The van der Waals surface area contributed by atoms with Gasteiger partial charge in [0, 0.05) is 34.6 Å². The van der Waals surface area contributed by atoms with Crippen molar-refractivity contribution in [3.8, 4) is 17.2 Å². The molecule has 1 aliphatic rings. The molecule has 0 spiro atoms. The summed E-state index contributed by atoms with van der Waals surface area (Å²) in [6.07, 6.45) is 0.652. The van der Waals surface area contributed by atoms with Crippen LogP contribution in [0.5, 0.6) is 17.2 Å².